The molecule has 0 amide bonds. The Morgan fingerprint density at radius 2 is 2.36 bits per heavy atom. The number of thiazole rings is 1. The number of aromatic nitrogens is 1. The van der Waals surface area contributed by atoms with Crippen LogP contribution in [-0.4, -0.2) is 4.98 Å². The Labute approximate surface area is 68.5 Å². The van der Waals surface area contributed by atoms with E-state index < -0.39 is 0 Å². The van der Waals surface area contributed by atoms with Crippen LogP contribution in [0.5, 0.6) is 0 Å². The molecular formula is C8H7NOS. The lowest BCUT2D eigenvalue weighted by Gasteiger charge is -1.86. The van der Waals surface area contributed by atoms with Crippen molar-refractivity contribution in [3.05, 3.63) is 28.8 Å². The normalized spacial score (nSPS) is 10.3. The summed E-state index contributed by atoms with van der Waals surface area (Å²) in [6, 6.07) is 3.87. The van der Waals surface area contributed by atoms with Crippen molar-refractivity contribution in [1.82, 2.24) is 4.98 Å². The van der Waals surface area contributed by atoms with E-state index in [1.807, 2.05) is 24.4 Å². The second-order valence-corrected chi connectivity index (χ2v) is 3.00. The first-order chi connectivity index (χ1) is 5.36. The first-order valence-electron chi connectivity index (χ1n) is 3.31. The van der Waals surface area contributed by atoms with E-state index >= 15 is 0 Å². The second-order valence-electron chi connectivity index (χ2n) is 2.28. The van der Waals surface area contributed by atoms with Crippen LogP contribution in [0.4, 0.5) is 0 Å². The zero-order valence-corrected chi connectivity index (χ0v) is 6.89. The molecule has 2 heterocycles. The molecule has 2 aromatic heterocycles. The molecule has 3 heteroatoms. The van der Waals surface area contributed by atoms with E-state index in [2.05, 4.69) is 4.98 Å². The molecule has 2 aromatic rings. The summed E-state index contributed by atoms with van der Waals surface area (Å²) >= 11 is 1.57. The van der Waals surface area contributed by atoms with E-state index in [1.54, 1.807) is 16.8 Å². The van der Waals surface area contributed by atoms with Crippen LogP contribution in [0.1, 0.15) is 5.76 Å². The van der Waals surface area contributed by atoms with Gasteiger partial charge in [0.2, 0.25) is 0 Å². The zero-order valence-electron chi connectivity index (χ0n) is 6.07. The summed E-state index contributed by atoms with van der Waals surface area (Å²) in [5.74, 6) is 1.77. The van der Waals surface area contributed by atoms with Gasteiger partial charge in [-0.15, -0.1) is 11.3 Å². The molecule has 0 radical (unpaired) electrons. The number of hydrogen-bond acceptors (Lipinski definition) is 3. The summed E-state index contributed by atoms with van der Waals surface area (Å²) in [6.07, 6.45) is 0. The van der Waals surface area contributed by atoms with Crippen LogP contribution in [-0.2, 0) is 0 Å². The molecule has 0 bridgehead atoms. The van der Waals surface area contributed by atoms with Crippen molar-refractivity contribution >= 4 is 11.3 Å². The van der Waals surface area contributed by atoms with E-state index in [4.69, 9.17) is 4.42 Å². The van der Waals surface area contributed by atoms with Gasteiger partial charge in [0.25, 0.3) is 0 Å². The van der Waals surface area contributed by atoms with Crippen LogP contribution >= 0.6 is 11.3 Å². The SMILES string of the molecule is Cc1ccc(-c2cscn2)o1. The van der Waals surface area contributed by atoms with Gasteiger partial charge < -0.3 is 4.42 Å². The fourth-order valence-electron chi connectivity index (χ4n) is 0.906. The van der Waals surface area contributed by atoms with Gasteiger partial charge in [0.05, 0.1) is 5.51 Å². The average Bonchev–Trinajstić information content (AvgIpc) is 2.55. The lowest BCUT2D eigenvalue weighted by molar-refractivity contribution is 0.547. The molecular weight excluding hydrogens is 158 g/mol. The Hall–Kier alpha value is -1.09. The minimum atomic E-state index is 0.851. The average molecular weight is 165 g/mol. The highest BCUT2D eigenvalue weighted by Crippen LogP contribution is 2.20. The largest absolute Gasteiger partial charge is 0.460 e. The van der Waals surface area contributed by atoms with Gasteiger partial charge in [0.1, 0.15) is 11.5 Å². The number of hydrogen-bond donors (Lipinski definition) is 0. The van der Waals surface area contributed by atoms with Gasteiger partial charge in [-0.2, -0.15) is 0 Å². The third kappa shape index (κ3) is 1.19. The Kier molecular flexibility index (Phi) is 1.51. The third-order valence-electron chi connectivity index (χ3n) is 1.43. The van der Waals surface area contributed by atoms with E-state index in [9.17, 15) is 0 Å². The number of rotatable bonds is 1. The third-order valence-corrected chi connectivity index (χ3v) is 2.01. The summed E-state index contributed by atoms with van der Waals surface area (Å²) < 4.78 is 5.37. The highest BCUT2D eigenvalue weighted by atomic mass is 32.1. The Balaban J connectivity index is 2.45. The minimum Gasteiger partial charge on any atom is -0.460 e. The van der Waals surface area contributed by atoms with Crippen molar-refractivity contribution in [2.75, 3.05) is 0 Å². The fraction of sp³-hybridized carbons (Fsp3) is 0.125. The molecule has 0 aromatic carbocycles. The molecule has 2 rings (SSSR count). The Morgan fingerprint density at radius 1 is 1.45 bits per heavy atom. The van der Waals surface area contributed by atoms with Crippen LogP contribution < -0.4 is 0 Å². The Bertz CT molecular complexity index is 337. The van der Waals surface area contributed by atoms with Crippen LogP contribution in [0, 0.1) is 6.92 Å². The standard InChI is InChI=1S/C8H7NOS/c1-6-2-3-8(10-6)7-4-11-5-9-7/h2-5H,1H3. The zero-order chi connectivity index (χ0) is 7.68. The van der Waals surface area contributed by atoms with Crippen LogP contribution in [0.3, 0.4) is 0 Å². The molecule has 0 saturated heterocycles. The van der Waals surface area contributed by atoms with Crippen molar-refractivity contribution < 1.29 is 4.42 Å². The first kappa shape index (κ1) is 6.61. The molecule has 0 fully saturated rings. The number of aryl methyl sites for hydroxylation is 1. The maximum absolute atomic E-state index is 5.37. The van der Waals surface area contributed by atoms with Gasteiger partial charge in [-0.3, -0.25) is 0 Å². The molecule has 56 valence electrons. The summed E-state index contributed by atoms with van der Waals surface area (Å²) in [5.41, 5.74) is 2.72. The molecule has 0 N–H and O–H groups in total. The maximum Gasteiger partial charge on any atom is 0.153 e. The van der Waals surface area contributed by atoms with Gasteiger partial charge in [0.15, 0.2) is 5.76 Å². The topological polar surface area (TPSA) is 26.0 Å². The predicted molar refractivity (Wildman–Crippen MR) is 44.6 cm³/mol. The highest BCUT2D eigenvalue weighted by Gasteiger charge is 2.02. The van der Waals surface area contributed by atoms with Crippen LogP contribution in [0.15, 0.2) is 27.4 Å². The van der Waals surface area contributed by atoms with E-state index in [1.165, 1.54) is 0 Å². The predicted octanol–water partition coefficient (Wildman–Crippen LogP) is 2.71. The highest BCUT2D eigenvalue weighted by molar-refractivity contribution is 7.07. The lowest BCUT2D eigenvalue weighted by Crippen LogP contribution is -1.68. The minimum absolute atomic E-state index is 0.851. The van der Waals surface area contributed by atoms with Crippen LogP contribution in [0.25, 0.3) is 11.5 Å². The van der Waals surface area contributed by atoms with Gasteiger partial charge in [-0.1, -0.05) is 0 Å². The van der Waals surface area contributed by atoms with E-state index in [0.29, 0.717) is 0 Å². The smallest absolute Gasteiger partial charge is 0.153 e. The van der Waals surface area contributed by atoms with Crippen molar-refractivity contribution in [3.8, 4) is 11.5 Å². The lowest BCUT2D eigenvalue weighted by atomic mass is 10.4. The molecule has 0 aliphatic carbocycles. The summed E-state index contributed by atoms with van der Waals surface area (Å²) in [6.45, 7) is 1.93. The molecule has 11 heavy (non-hydrogen) atoms. The maximum atomic E-state index is 5.37. The molecule has 0 aliphatic heterocycles. The first-order valence-corrected chi connectivity index (χ1v) is 4.25. The molecule has 0 aliphatic rings. The molecule has 0 spiro atoms. The second kappa shape index (κ2) is 2.51. The van der Waals surface area contributed by atoms with Crippen molar-refractivity contribution in [1.29, 1.82) is 0 Å². The quantitative estimate of drug-likeness (QED) is 0.649. The Morgan fingerprint density at radius 3 is 2.91 bits per heavy atom. The van der Waals surface area contributed by atoms with Gasteiger partial charge in [0, 0.05) is 5.38 Å². The monoisotopic (exact) mass is 165 g/mol. The van der Waals surface area contributed by atoms with Gasteiger partial charge >= 0.3 is 0 Å². The van der Waals surface area contributed by atoms with Crippen LogP contribution in [0.2, 0.25) is 0 Å². The fourth-order valence-corrected chi connectivity index (χ4v) is 1.45. The van der Waals surface area contributed by atoms with Crippen molar-refractivity contribution in [3.63, 3.8) is 0 Å². The van der Waals surface area contributed by atoms with E-state index in [0.717, 1.165) is 17.2 Å². The van der Waals surface area contributed by atoms with Crippen molar-refractivity contribution in [2.24, 2.45) is 0 Å². The summed E-state index contributed by atoms with van der Waals surface area (Å²) in [4.78, 5) is 4.12. The summed E-state index contributed by atoms with van der Waals surface area (Å²) in [5, 5.41) is 1.97. The van der Waals surface area contributed by atoms with E-state index in [-0.39, 0.29) is 0 Å². The molecule has 0 atom stereocenters. The molecule has 2 nitrogen and oxygen atoms in total. The summed E-state index contributed by atoms with van der Waals surface area (Å²) in [7, 11) is 0. The number of furan rings is 1. The van der Waals surface area contributed by atoms with Gasteiger partial charge in [-0.25, -0.2) is 4.98 Å². The molecule has 0 saturated carbocycles. The molecule has 0 unspecified atom stereocenters. The van der Waals surface area contributed by atoms with Crippen molar-refractivity contribution in [2.45, 2.75) is 6.92 Å². The van der Waals surface area contributed by atoms with Gasteiger partial charge in [-0.05, 0) is 19.1 Å². The number of nitrogens with zero attached hydrogens (tertiary/aromatic N) is 1.